The minimum Gasteiger partial charge on any atom is -0.496 e. The average Bonchev–Trinajstić information content (AvgIpc) is 2.54. The summed E-state index contributed by atoms with van der Waals surface area (Å²) in [6.07, 6.45) is 1.82. The van der Waals surface area contributed by atoms with E-state index in [1.807, 2.05) is 18.3 Å². The molecule has 0 unspecified atom stereocenters. The van der Waals surface area contributed by atoms with Crippen molar-refractivity contribution >= 4 is 0 Å². The second-order valence-corrected chi connectivity index (χ2v) is 5.26. The monoisotopic (exact) mass is 291 g/mol. The van der Waals surface area contributed by atoms with Crippen LogP contribution in [0.3, 0.4) is 0 Å². The Bertz CT molecular complexity index is 767. The summed E-state index contributed by atoms with van der Waals surface area (Å²) in [5.41, 5.74) is 4.20. The number of nitriles is 1. The van der Waals surface area contributed by atoms with Crippen molar-refractivity contribution in [2.45, 2.75) is 26.3 Å². The van der Waals surface area contributed by atoms with Gasteiger partial charge < -0.3 is 9.58 Å². The Morgan fingerprint density at radius 2 is 2.09 bits per heavy atom. The Labute approximate surface area is 130 Å². The minimum atomic E-state index is 0.242. The summed E-state index contributed by atoms with van der Waals surface area (Å²) >= 11 is 0. The van der Waals surface area contributed by atoms with E-state index < -0.39 is 0 Å². The normalized spacial score (nSPS) is 10.1. The molecule has 1 aromatic heterocycles. The first kappa shape index (κ1) is 15.5. The van der Waals surface area contributed by atoms with Crippen molar-refractivity contribution in [2.24, 2.45) is 0 Å². The predicted molar refractivity (Wildman–Crippen MR) is 85.3 cm³/mol. The van der Waals surface area contributed by atoms with E-state index in [9.17, 15) is 0 Å². The molecule has 0 spiro atoms. The highest BCUT2D eigenvalue weighted by atomic mass is 16.5. The van der Waals surface area contributed by atoms with Gasteiger partial charge in [0, 0.05) is 11.8 Å². The maximum Gasteiger partial charge on any atom is 0.256 e. The van der Waals surface area contributed by atoms with Crippen molar-refractivity contribution < 1.29 is 4.74 Å². The Kier molecular flexibility index (Phi) is 4.76. The minimum absolute atomic E-state index is 0.242. The van der Waals surface area contributed by atoms with Crippen molar-refractivity contribution in [3.8, 4) is 22.9 Å². The molecule has 0 atom stereocenters. The van der Waals surface area contributed by atoms with Gasteiger partial charge in [-0.05, 0) is 41.3 Å². The van der Waals surface area contributed by atoms with Crippen molar-refractivity contribution in [3.05, 3.63) is 58.7 Å². The molecule has 0 fully saturated rings. The lowest BCUT2D eigenvalue weighted by Gasteiger charge is -2.16. The molecule has 0 saturated carbocycles. The number of ether oxygens (including phenoxy) is 1. The topological polar surface area (TPSA) is 50.3 Å². The van der Waals surface area contributed by atoms with E-state index >= 15 is 0 Å². The van der Waals surface area contributed by atoms with Gasteiger partial charge in [0.25, 0.3) is 6.54 Å². The molecule has 4 nitrogen and oxygen atoms in total. The molecule has 0 aliphatic carbocycles. The van der Waals surface area contributed by atoms with Gasteiger partial charge in [-0.15, -0.1) is 0 Å². The highest BCUT2D eigenvalue weighted by Crippen LogP contribution is 2.36. The van der Waals surface area contributed by atoms with Crippen LogP contribution < -0.4 is 4.74 Å². The third-order valence-corrected chi connectivity index (χ3v) is 3.47. The van der Waals surface area contributed by atoms with Gasteiger partial charge in [-0.3, -0.25) is 4.98 Å². The summed E-state index contributed by atoms with van der Waals surface area (Å²) in [5, 5.41) is 9.15. The van der Waals surface area contributed by atoms with Crippen LogP contribution in [0.25, 0.3) is 16.0 Å². The molecule has 0 radical (unpaired) electrons. The van der Waals surface area contributed by atoms with Gasteiger partial charge in [0.1, 0.15) is 11.4 Å². The van der Waals surface area contributed by atoms with Gasteiger partial charge in [0.15, 0.2) is 0 Å². The summed E-state index contributed by atoms with van der Waals surface area (Å²) in [6.45, 7) is 11.4. The number of benzene rings is 1. The fourth-order valence-electron chi connectivity index (χ4n) is 2.36. The number of hydrogen-bond acceptors (Lipinski definition) is 3. The molecular formula is C18H17N3O. The molecule has 0 bridgehead atoms. The molecule has 1 heterocycles. The molecule has 22 heavy (non-hydrogen) atoms. The van der Waals surface area contributed by atoms with Crippen LogP contribution in [0.1, 0.15) is 36.6 Å². The van der Waals surface area contributed by atoms with E-state index in [0.29, 0.717) is 11.3 Å². The van der Waals surface area contributed by atoms with Crippen LogP contribution in [-0.4, -0.2) is 12.1 Å². The molecule has 0 aliphatic heterocycles. The smallest absolute Gasteiger partial charge is 0.256 e. The van der Waals surface area contributed by atoms with Crippen LogP contribution in [-0.2, 0) is 6.54 Å². The van der Waals surface area contributed by atoms with E-state index in [1.165, 1.54) is 0 Å². The van der Waals surface area contributed by atoms with E-state index in [4.69, 9.17) is 16.6 Å². The quantitative estimate of drug-likeness (QED) is 0.794. The second kappa shape index (κ2) is 6.74. The number of rotatable bonds is 4. The fourth-order valence-corrected chi connectivity index (χ4v) is 2.36. The van der Waals surface area contributed by atoms with Gasteiger partial charge in [0.2, 0.25) is 0 Å². The number of aromatic nitrogens is 1. The van der Waals surface area contributed by atoms with Gasteiger partial charge in [-0.25, -0.2) is 6.57 Å². The largest absolute Gasteiger partial charge is 0.496 e. The number of hydrogen-bond donors (Lipinski definition) is 0. The van der Waals surface area contributed by atoms with E-state index in [1.54, 1.807) is 19.2 Å². The van der Waals surface area contributed by atoms with Gasteiger partial charge in [-0.1, -0.05) is 13.8 Å². The predicted octanol–water partition coefficient (Wildman–Crippen LogP) is 4.17. The van der Waals surface area contributed by atoms with Gasteiger partial charge >= 0.3 is 0 Å². The van der Waals surface area contributed by atoms with Crippen LogP contribution in [0.4, 0.5) is 0 Å². The first-order valence-electron chi connectivity index (χ1n) is 7.01. The summed E-state index contributed by atoms with van der Waals surface area (Å²) in [7, 11) is 1.61. The first-order chi connectivity index (χ1) is 10.6. The number of methoxy groups -OCH3 is 1. The highest BCUT2D eigenvalue weighted by Gasteiger charge is 2.16. The summed E-state index contributed by atoms with van der Waals surface area (Å²) in [6, 6.07) is 9.43. The van der Waals surface area contributed by atoms with Crippen LogP contribution in [0, 0.1) is 17.9 Å². The zero-order valence-electron chi connectivity index (χ0n) is 12.9. The molecule has 2 rings (SSSR count). The van der Waals surface area contributed by atoms with Crippen molar-refractivity contribution in [2.75, 3.05) is 7.11 Å². The summed E-state index contributed by atoms with van der Waals surface area (Å²) < 4.78 is 5.44. The number of pyridine rings is 1. The third kappa shape index (κ3) is 3.07. The van der Waals surface area contributed by atoms with Crippen molar-refractivity contribution in [1.82, 2.24) is 4.98 Å². The Morgan fingerprint density at radius 3 is 2.68 bits per heavy atom. The van der Waals surface area contributed by atoms with Crippen molar-refractivity contribution in [3.63, 3.8) is 0 Å². The van der Waals surface area contributed by atoms with Crippen LogP contribution in [0.2, 0.25) is 0 Å². The van der Waals surface area contributed by atoms with Gasteiger partial charge in [0.05, 0.1) is 18.7 Å². The number of nitrogens with zero attached hydrogens (tertiary/aromatic N) is 3. The SMILES string of the molecule is [C-]#[N+]Cc1cc(-c2cc(C#N)ccc2OC)c(C(C)C)cn1. The zero-order valence-corrected chi connectivity index (χ0v) is 12.9. The van der Waals surface area contributed by atoms with Crippen LogP contribution in [0.15, 0.2) is 30.5 Å². The average molecular weight is 291 g/mol. The lowest BCUT2D eigenvalue weighted by Crippen LogP contribution is -1.99. The molecule has 1 aromatic carbocycles. The summed E-state index contributed by atoms with van der Waals surface area (Å²) in [4.78, 5) is 7.75. The zero-order chi connectivity index (χ0) is 16.1. The maximum atomic E-state index is 9.15. The Hall–Kier alpha value is -2.85. The molecule has 110 valence electrons. The standard InChI is InChI=1S/C18H17N3O/c1-12(2)17-11-21-14(10-20-3)8-15(17)16-7-13(9-19)5-6-18(16)22-4/h5-8,11-12H,10H2,1-2,4H3. The second-order valence-electron chi connectivity index (χ2n) is 5.26. The molecular weight excluding hydrogens is 274 g/mol. The summed E-state index contributed by atoms with van der Waals surface area (Å²) in [5.74, 6) is 0.987. The molecule has 0 aliphatic rings. The van der Waals surface area contributed by atoms with Crippen LogP contribution in [0.5, 0.6) is 5.75 Å². The highest BCUT2D eigenvalue weighted by molar-refractivity contribution is 5.75. The fraction of sp³-hybridized carbons (Fsp3) is 0.278. The van der Waals surface area contributed by atoms with E-state index in [0.717, 1.165) is 22.4 Å². The van der Waals surface area contributed by atoms with Gasteiger partial charge in [-0.2, -0.15) is 5.26 Å². The molecule has 0 saturated heterocycles. The maximum absolute atomic E-state index is 9.15. The molecule has 0 amide bonds. The van der Waals surface area contributed by atoms with Crippen molar-refractivity contribution in [1.29, 1.82) is 5.26 Å². The molecule has 4 heteroatoms. The molecule has 2 aromatic rings. The lowest BCUT2D eigenvalue weighted by atomic mass is 9.92. The Balaban J connectivity index is 2.71. The first-order valence-corrected chi connectivity index (χ1v) is 7.01. The lowest BCUT2D eigenvalue weighted by molar-refractivity contribution is 0.416. The Morgan fingerprint density at radius 1 is 1.32 bits per heavy atom. The van der Waals surface area contributed by atoms with E-state index in [-0.39, 0.29) is 12.5 Å². The third-order valence-electron chi connectivity index (χ3n) is 3.47. The van der Waals surface area contributed by atoms with E-state index in [2.05, 4.69) is 29.7 Å². The molecule has 0 N–H and O–H groups in total. The van der Waals surface area contributed by atoms with Crippen LogP contribution >= 0.6 is 0 Å².